The zero-order valence-electron chi connectivity index (χ0n) is 11.0. The minimum Gasteiger partial charge on any atom is -0.310 e. The van der Waals surface area contributed by atoms with E-state index in [4.69, 9.17) is 0 Å². The minimum atomic E-state index is 0.126. The van der Waals surface area contributed by atoms with E-state index in [1.165, 1.54) is 17.7 Å². The van der Waals surface area contributed by atoms with Gasteiger partial charge >= 0.3 is 0 Å². The van der Waals surface area contributed by atoms with Crippen LogP contribution in [0.1, 0.15) is 51.4 Å². The van der Waals surface area contributed by atoms with Gasteiger partial charge in [0.15, 0.2) is 0 Å². The van der Waals surface area contributed by atoms with Crippen LogP contribution in [0.5, 0.6) is 0 Å². The molecule has 0 radical (unpaired) electrons. The van der Waals surface area contributed by atoms with Crippen LogP contribution in [0.25, 0.3) is 0 Å². The van der Waals surface area contributed by atoms with Crippen molar-refractivity contribution in [2.75, 3.05) is 6.54 Å². The number of nitrogens with zero attached hydrogens (tertiary/aromatic N) is 2. The lowest BCUT2D eigenvalue weighted by atomic mass is 9.85. The minimum absolute atomic E-state index is 0.126. The van der Waals surface area contributed by atoms with Crippen LogP contribution >= 0.6 is 0 Å². The first-order valence-electron chi connectivity index (χ1n) is 6.17. The summed E-state index contributed by atoms with van der Waals surface area (Å²) in [6, 6.07) is 0.489. The molecule has 1 N–H and O–H groups in total. The Morgan fingerprint density at radius 1 is 1.44 bits per heavy atom. The molecule has 1 aromatic heterocycles. The Morgan fingerprint density at radius 2 is 2.12 bits per heavy atom. The largest absolute Gasteiger partial charge is 0.310 e. The molecule has 0 amide bonds. The molecule has 0 aromatic carbocycles. The monoisotopic (exact) mass is 221 g/mol. The molecule has 3 nitrogen and oxygen atoms in total. The molecule has 3 heteroatoms. The summed E-state index contributed by atoms with van der Waals surface area (Å²) in [5.74, 6) is 0.713. The van der Waals surface area contributed by atoms with Gasteiger partial charge in [0.25, 0.3) is 0 Å². The standard InChI is InChI=1S/C13H23N3/c1-9-6-7-14-11(9)10-8-16(5)15-12(10)13(2,3)4/h8-9,11,14H,6-7H2,1-5H3. The van der Waals surface area contributed by atoms with E-state index in [0.717, 1.165) is 6.54 Å². The number of hydrogen-bond acceptors (Lipinski definition) is 2. The Bertz CT molecular complexity index is 373. The molecule has 0 bridgehead atoms. The summed E-state index contributed by atoms with van der Waals surface area (Å²) in [6.07, 6.45) is 3.45. The number of nitrogens with one attached hydrogen (secondary N) is 1. The van der Waals surface area contributed by atoms with Crippen LogP contribution in [-0.4, -0.2) is 16.3 Å². The first-order chi connectivity index (χ1) is 7.39. The van der Waals surface area contributed by atoms with Gasteiger partial charge in [-0.2, -0.15) is 5.10 Å². The number of aryl methyl sites for hydroxylation is 1. The third-order valence-corrected chi connectivity index (χ3v) is 3.44. The van der Waals surface area contributed by atoms with E-state index in [-0.39, 0.29) is 5.41 Å². The van der Waals surface area contributed by atoms with Gasteiger partial charge in [-0.05, 0) is 18.9 Å². The highest BCUT2D eigenvalue weighted by atomic mass is 15.3. The van der Waals surface area contributed by atoms with Crippen molar-refractivity contribution in [2.24, 2.45) is 13.0 Å². The van der Waals surface area contributed by atoms with Crippen LogP contribution in [0, 0.1) is 5.92 Å². The molecule has 0 spiro atoms. The van der Waals surface area contributed by atoms with Crippen LogP contribution in [0.2, 0.25) is 0 Å². The van der Waals surface area contributed by atoms with Crippen molar-refractivity contribution in [1.29, 1.82) is 0 Å². The second-order valence-corrected chi connectivity index (χ2v) is 6.05. The summed E-state index contributed by atoms with van der Waals surface area (Å²) >= 11 is 0. The normalized spacial score (nSPS) is 26.3. The van der Waals surface area contributed by atoms with E-state index in [1.54, 1.807) is 0 Å². The molecule has 1 saturated heterocycles. The second kappa shape index (κ2) is 3.88. The molecule has 2 rings (SSSR count). The zero-order chi connectivity index (χ0) is 11.9. The molecule has 0 saturated carbocycles. The van der Waals surface area contributed by atoms with Crippen molar-refractivity contribution < 1.29 is 0 Å². The zero-order valence-corrected chi connectivity index (χ0v) is 11.0. The van der Waals surface area contributed by atoms with Gasteiger partial charge in [0.2, 0.25) is 0 Å². The molecular weight excluding hydrogens is 198 g/mol. The third kappa shape index (κ3) is 2.01. The first-order valence-corrected chi connectivity index (χ1v) is 6.17. The average Bonchev–Trinajstić information content (AvgIpc) is 2.70. The fourth-order valence-electron chi connectivity index (χ4n) is 2.57. The maximum absolute atomic E-state index is 4.64. The van der Waals surface area contributed by atoms with Gasteiger partial charge in [-0.1, -0.05) is 27.7 Å². The van der Waals surface area contributed by atoms with Crippen molar-refractivity contribution in [1.82, 2.24) is 15.1 Å². The fraction of sp³-hybridized carbons (Fsp3) is 0.769. The van der Waals surface area contributed by atoms with E-state index in [9.17, 15) is 0 Å². The van der Waals surface area contributed by atoms with Gasteiger partial charge in [0, 0.05) is 30.3 Å². The highest BCUT2D eigenvalue weighted by Gasteiger charge is 2.31. The Morgan fingerprint density at radius 3 is 2.62 bits per heavy atom. The molecule has 1 aromatic rings. The van der Waals surface area contributed by atoms with Crippen LogP contribution < -0.4 is 5.32 Å². The van der Waals surface area contributed by atoms with Gasteiger partial charge in [-0.3, -0.25) is 4.68 Å². The van der Waals surface area contributed by atoms with Gasteiger partial charge in [-0.15, -0.1) is 0 Å². The van der Waals surface area contributed by atoms with Crippen molar-refractivity contribution >= 4 is 0 Å². The summed E-state index contributed by atoms with van der Waals surface area (Å²) in [6.45, 7) is 10.2. The number of rotatable bonds is 1. The SMILES string of the molecule is CC1CCNC1c1cn(C)nc1C(C)(C)C. The van der Waals surface area contributed by atoms with E-state index in [2.05, 4.69) is 44.3 Å². The molecule has 1 aliphatic rings. The Labute approximate surface area is 98.2 Å². The molecule has 2 atom stereocenters. The molecule has 1 fully saturated rings. The predicted molar refractivity (Wildman–Crippen MR) is 66.4 cm³/mol. The average molecular weight is 221 g/mol. The lowest BCUT2D eigenvalue weighted by molar-refractivity contribution is 0.480. The van der Waals surface area contributed by atoms with Crippen LogP contribution in [-0.2, 0) is 12.5 Å². The summed E-state index contributed by atoms with van der Waals surface area (Å²) in [7, 11) is 2.01. The molecule has 2 unspecified atom stereocenters. The van der Waals surface area contributed by atoms with E-state index in [1.807, 2.05) is 11.7 Å². The smallest absolute Gasteiger partial charge is 0.0725 e. The van der Waals surface area contributed by atoms with Gasteiger partial charge in [-0.25, -0.2) is 0 Å². The molecule has 16 heavy (non-hydrogen) atoms. The molecule has 1 aliphatic heterocycles. The summed E-state index contributed by atoms with van der Waals surface area (Å²) < 4.78 is 1.95. The molecule has 0 aliphatic carbocycles. The topological polar surface area (TPSA) is 29.9 Å². The van der Waals surface area contributed by atoms with Gasteiger partial charge < -0.3 is 5.32 Å². The fourth-order valence-corrected chi connectivity index (χ4v) is 2.57. The van der Waals surface area contributed by atoms with E-state index >= 15 is 0 Å². The quantitative estimate of drug-likeness (QED) is 0.789. The summed E-state index contributed by atoms with van der Waals surface area (Å²) in [5.41, 5.74) is 2.75. The Hall–Kier alpha value is -0.830. The first kappa shape index (κ1) is 11.6. The predicted octanol–water partition coefficient (Wildman–Crippen LogP) is 2.39. The van der Waals surface area contributed by atoms with Crippen molar-refractivity contribution in [3.05, 3.63) is 17.5 Å². The molecular formula is C13H23N3. The highest BCUT2D eigenvalue weighted by Crippen LogP contribution is 2.35. The lowest BCUT2D eigenvalue weighted by Crippen LogP contribution is -2.22. The van der Waals surface area contributed by atoms with Crippen molar-refractivity contribution in [2.45, 2.75) is 45.6 Å². The summed E-state index contributed by atoms with van der Waals surface area (Å²) in [4.78, 5) is 0. The van der Waals surface area contributed by atoms with Crippen LogP contribution in [0.3, 0.4) is 0 Å². The maximum atomic E-state index is 4.64. The number of aromatic nitrogens is 2. The van der Waals surface area contributed by atoms with Crippen LogP contribution in [0.15, 0.2) is 6.20 Å². The third-order valence-electron chi connectivity index (χ3n) is 3.44. The molecule has 2 heterocycles. The van der Waals surface area contributed by atoms with Gasteiger partial charge in [0.05, 0.1) is 5.69 Å². The van der Waals surface area contributed by atoms with Gasteiger partial charge in [0.1, 0.15) is 0 Å². The lowest BCUT2D eigenvalue weighted by Gasteiger charge is -2.22. The highest BCUT2D eigenvalue weighted by molar-refractivity contribution is 5.28. The van der Waals surface area contributed by atoms with E-state index in [0.29, 0.717) is 12.0 Å². The van der Waals surface area contributed by atoms with Crippen molar-refractivity contribution in [3.8, 4) is 0 Å². The number of hydrogen-bond donors (Lipinski definition) is 1. The summed E-state index contributed by atoms with van der Waals surface area (Å²) in [5, 5.41) is 8.23. The van der Waals surface area contributed by atoms with E-state index < -0.39 is 0 Å². The molecule has 90 valence electrons. The second-order valence-electron chi connectivity index (χ2n) is 6.05. The maximum Gasteiger partial charge on any atom is 0.0725 e. The van der Waals surface area contributed by atoms with Crippen LogP contribution in [0.4, 0.5) is 0 Å². The Balaban J connectivity index is 2.40. The van der Waals surface area contributed by atoms with Crippen molar-refractivity contribution in [3.63, 3.8) is 0 Å². The Kier molecular flexibility index (Phi) is 2.82.